The van der Waals surface area contributed by atoms with Crippen LogP contribution in [-0.4, -0.2) is 78.8 Å². The highest BCUT2D eigenvalue weighted by atomic mass is 16.7. The van der Waals surface area contributed by atoms with E-state index in [2.05, 4.69) is 0 Å². The molecule has 2 rings (SSSR count). The molecule has 0 aliphatic carbocycles. The Labute approximate surface area is 206 Å². The van der Waals surface area contributed by atoms with Crippen LogP contribution in [0.15, 0.2) is 0 Å². The van der Waals surface area contributed by atoms with Crippen LogP contribution in [0.5, 0.6) is 0 Å². The maximum Gasteiger partial charge on any atom is 0.475 e. The standard InChI is InChI=1S/C20H32N6O10/c27-17-9-11-19(23(29)30,24(31)32)15-21(17)13-7-5-3-1-2-4-6-8-14-22-16-20(25(33)34,26(35)36)12-10-18(22)28/h1-16H2. The maximum absolute atomic E-state index is 12.0. The Morgan fingerprint density at radius 3 is 1.11 bits per heavy atom. The molecular weight excluding hydrogens is 484 g/mol. The van der Waals surface area contributed by atoms with Crippen LogP contribution in [-0.2, 0) is 9.59 Å². The number of carbonyl (C=O) groups excluding carboxylic acids is 2. The Morgan fingerprint density at radius 2 is 0.833 bits per heavy atom. The van der Waals surface area contributed by atoms with Crippen molar-refractivity contribution in [3.63, 3.8) is 0 Å². The summed E-state index contributed by atoms with van der Waals surface area (Å²) in [7, 11) is 0. The van der Waals surface area contributed by atoms with E-state index in [0.29, 0.717) is 12.8 Å². The van der Waals surface area contributed by atoms with Gasteiger partial charge in [0.25, 0.3) is 0 Å². The molecule has 0 aromatic carbocycles. The van der Waals surface area contributed by atoms with Crippen molar-refractivity contribution in [3.05, 3.63) is 40.5 Å². The predicted molar refractivity (Wildman–Crippen MR) is 122 cm³/mol. The molecule has 0 bridgehead atoms. The average molecular weight is 517 g/mol. The lowest BCUT2D eigenvalue weighted by molar-refractivity contribution is -0.798. The fraction of sp³-hybridized carbons (Fsp3) is 0.900. The first-order valence-corrected chi connectivity index (χ1v) is 12.1. The quantitative estimate of drug-likeness (QED) is 0.133. The SMILES string of the molecule is O=C1CCC([N+](=O)[O-])([N+](=O)[O-])CN1CCCCCCCCCCN1CC([N+](=O)[O-])([N+](=O)[O-])CCC1=O. The van der Waals surface area contributed by atoms with Gasteiger partial charge in [0.15, 0.2) is 13.1 Å². The molecule has 0 aromatic heterocycles. The summed E-state index contributed by atoms with van der Waals surface area (Å²) >= 11 is 0. The van der Waals surface area contributed by atoms with Crippen molar-refractivity contribution in [2.75, 3.05) is 26.2 Å². The van der Waals surface area contributed by atoms with E-state index < -0.39 is 57.0 Å². The monoisotopic (exact) mass is 516 g/mol. The number of unbranched alkanes of at least 4 members (excludes halogenated alkanes) is 7. The molecule has 2 aliphatic heterocycles. The molecule has 0 N–H and O–H groups in total. The highest BCUT2D eigenvalue weighted by Crippen LogP contribution is 2.27. The first kappa shape index (κ1) is 28.8. The summed E-state index contributed by atoms with van der Waals surface area (Å²) in [6.07, 6.45) is 4.97. The van der Waals surface area contributed by atoms with Crippen molar-refractivity contribution >= 4 is 11.8 Å². The van der Waals surface area contributed by atoms with Crippen molar-refractivity contribution in [3.8, 4) is 0 Å². The van der Waals surface area contributed by atoms with Crippen LogP contribution in [0.1, 0.15) is 77.0 Å². The third kappa shape index (κ3) is 6.60. The van der Waals surface area contributed by atoms with Gasteiger partial charge in [-0.15, -0.1) is 0 Å². The molecule has 2 fully saturated rings. The second kappa shape index (κ2) is 12.5. The maximum atomic E-state index is 12.0. The zero-order valence-corrected chi connectivity index (χ0v) is 20.1. The van der Waals surface area contributed by atoms with Crippen molar-refractivity contribution in [1.29, 1.82) is 0 Å². The molecule has 0 spiro atoms. The number of amides is 2. The molecule has 36 heavy (non-hydrogen) atoms. The molecule has 2 heterocycles. The Morgan fingerprint density at radius 1 is 0.556 bits per heavy atom. The van der Waals surface area contributed by atoms with E-state index in [1.54, 1.807) is 0 Å². The molecule has 0 radical (unpaired) electrons. The van der Waals surface area contributed by atoms with E-state index in [-0.39, 0.29) is 37.7 Å². The molecule has 2 amide bonds. The van der Waals surface area contributed by atoms with E-state index in [1.165, 1.54) is 9.80 Å². The van der Waals surface area contributed by atoms with Gasteiger partial charge < -0.3 is 9.80 Å². The molecule has 16 nitrogen and oxygen atoms in total. The lowest BCUT2D eigenvalue weighted by Gasteiger charge is -2.31. The molecule has 0 aromatic rings. The number of nitro groups is 4. The van der Waals surface area contributed by atoms with Crippen LogP contribution < -0.4 is 0 Å². The van der Waals surface area contributed by atoms with Crippen LogP contribution in [0.2, 0.25) is 0 Å². The largest absolute Gasteiger partial charge is 0.475 e. The Hall–Kier alpha value is -3.46. The molecule has 0 unspecified atom stereocenters. The van der Waals surface area contributed by atoms with E-state index in [1.807, 2.05) is 0 Å². The summed E-state index contributed by atoms with van der Waals surface area (Å²) < 4.78 is 0. The van der Waals surface area contributed by atoms with Crippen molar-refractivity contribution < 1.29 is 29.3 Å². The van der Waals surface area contributed by atoms with E-state index >= 15 is 0 Å². The first-order chi connectivity index (χ1) is 17.0. The lowest BCUT2D eigenvalue weighted by atomic mass is 9.98. The van der Waals surface area contributed by atoms with Gasteiger partial charge in [-0.25, -0.2) is 0 Å². The van der Waals surface area contributed by atoms with E-state index in [0.717, 1.165) is 38.5 Å². The van der Waals surface area contributed by atoms with Gasteiger partial charge in [-0.1, -0.05) is 38.5 Å². The Balaban J connectivity index is 1.60. The number of nitrogens with zero attached hydrogens (tertiary/aromatic N) is 6. The topological polar surface area (TPSA) is 213 Å². The highest BCUT2D eigenvalue weighted by molar-refractivity contribution is 5.77. The highest BCUT2D eigenvalue weighted by Gasteiger charge is 2.61. The normalized spacial score (nSPS) is 19.2. The summed E-state index contributed by atoms with van der Waals surface area (Å²) in [5.74, 6) is -0.620. The van der Waals surface area contributed by atoms with Crippen LogP contribution in [0.4, 0.5) is 0 Å². The second-order valence-corrected chi connectivity index (χ2v) is 9.45. The molecule has 2 aliphatic rings. The second-order valence-electron chi connectivity index (χ2n) is 9.45. The minimum Gasteiger partial charge on any atom is -0.329 e. The minimum absolute atomic E-state index is 0.218. The van der Waals surface area contributed by atoms with Gasteiger partial charge >= 0.3 is 11.3 Å². The fourth-order valence-electron chi connectivity index (χ4n) is 4.68. The number of rotatable bonds is 15. The predicted octanol–water partition coefficient (Wildman–Crippen LogP) is 1.85. The zero-order valence-electron chi connectivity index (χ0n) is 20.1. The number of hydrogen-bond acceptors (Lipinski definition) is 10. The summed E-state index contributed by atoms with van der Waals surface area (Å²) in [4.78, 5) is 67.8. The summed E-state index contributed by atoms with van der Waals surface area (Å²) in [6.45, 7) is -0.560. The smallest absolute Gasteiger partial charge is 0.329 e. The van der Waals surface area contributed by atoms with Crippen LogP contribution >= 0.6 is 0 Å². The average Bonchev–Trinajstić information content (AvgIpc) is 2.81. The zero-order chi connectivity index (χ0) is 26.9. The van der Waals surface area contributed by atoms with Gasteiger partial charge in [-0.3, -0.25) is 50.0 Å². The molecule has 2 saturated heterocycles. The molecule has 0 saturated carbocycles. The Kier molecular flexibility index (Phi) is 9.98. The minimum atomic E-state index is -2.33. The van der Waals surface area contributed by atoms with Gasteiger partial charge in [-0.05, 0) is 12.8 Å². The first-order valence-electron chi connectivity index (χ1n) is 12.1. The third-order valence-electron chi connectivity index (χ3n) is 7.04. The van der Waals surface area contributed by atoms with E-state index in [9.17, 15) is 50.0 Å². The van der Waals surface area contributed by atoms with Gasteiger partial charge in [0, 0.05) is 25.9 Å². The lowest BCUT2D eigenvalue weighted by Crippen LogP contribution is -2.59. The molecular formula is C20H32N6O10. The van der Waals surface area contributed by atoms with E-state index in [4.69, 9.17) is 0 Å². The molecule has 202 valence electrons. The number of piperidine rings is 2. The number of likely N-dealkylation sites (tertiary alicyclic amines) is 2. The van der Waals surface area contributed by atoms with Crippen molar-refractivity contribution in [1.82, 2.24) is 9.80 Å². The fourth-order valence-corrected chi connectivity index (χ4v) is 4.68. The summed E-state index contributed by atoms with van der Waals surface area (Å²) in [6, 6.07) is 0. The van der Waals surface area contributed by atoms with Gasteiger partial charge in [-0.2, -0.15) is 0 Å². The number of hydrogen-bond donors (Lipinski definition) is 0. The van der Waals surface area contributed by atoms with Gasteiger partial charge in [0.1, 0.15) is 32.5 Å². The molecule has 0 atom stereocenters. The third-order valence-corrected chi connectivity index (χ3v) is 7.04. The van der Waals surface area contributed by atoms with Gasteiger partial charge in [0.2, 0.25) is 11.8 Å². The van der Waals surface area contributed by atoms with Gasteiger partial charge in [0.05, 0.1) is 0 Å². The number of carbonyl (C=O) groups is 2. The summed E-state index contributed by atoms with van der Waals surface area (Å²) in [5.41, 5.74) is -4.66. The van der Waals surface area contributed by atoms with Crippen LogP contribution in [0.3, 0.4) is 0 Å². The summed E-state index contributed by atoms with van der Waals surface area (Å²) in [5, 5.41) is 44.9. The Bertz CT molecular complexity index is 783. The van der Waals surface area contributed by atoms with Crippen molar-refractivity contribution in [2.45, 2.75) is 88.4 Å². The van der Waals surface area contributed by atoms with Crippen LogP contribution in [0, 0.1) is 40.5 Å². The van der Waals surface area contributed by atoms with Crippen molar-refractivity contribution in [2.24, 2.45) is 0 Å². The van der Waals surface area contributed by atoms with Crippen LogP contribution in [0.25, 0.3) is 0 Å². The molecule has 16 heteroatoms.